The van der Waals surface area contributed by atoms with E-state index in [2.05, 4.69) is 5.32 Å². The fraction of sp³-hybridized carbons (Fsp3) is 0.300. The second kappa shape index (κ2) is 8.60. The lowest BCUT2D eigenvalue weighted by atomic mass is 10.1. The van der Waals surface area contributed by atoms with Crippen molar-refractivity contribution in [3.05, 3.63) is 65.5 Å². The highest BCUT2D eigenvalue weighted by molar-refractivity contribution is 5.94. The predicted molar refractivity (Wildman–Crippen MR) is 98.8 cm³/mol. The maximum absolute atomic E-state index is 12.9. The summed E-state index contributed by atoms with van der Waals surface area (Å²) >= 11 is 0. The molecule has 1 N–H and O–H groups in total. The molecule has 0 atom stereocenters. The molecular formula is C20H19F4N3O2. The molecule has 2 amide bonds. The Morgan fingerprint density at radius 2 is 1.48 bits per heavy atom. The van der Waals surface area contributed by atoms with Crippen LogP contribution in [0.4, 0.5) is 23.2 Å². The summed E-state index contributed by atoms with van der Waals surface area (Å²) in [4.78, 5) is 28.0. The van der Waals surface area contributed by atoms with Gasteiger partial charge in [0.15, 0.2) is 0 Å². The van der Waals surface area contributed by atoms with Crippen molar-refractivity contribution in [1.82, 2.24) is 9.80 Å². The summed E-state index contributed by atoms with van der Waals surface area (Å²) < 4.78 is 50.8. The van der Waals surface area contributed by atoms with Crippen molar-refractivity contribution >= 4 is 17.5 Å². The molecule has 0 aromatic heterocycles. The van der Waals surface area contributed by atoms with Gasteiger partial charge in [0.2, 0.25) is 5.91 Å². The summed E-state index contributed by atoms with van der Waals surface area (Å²) in [6.45, 7) is 1.78. The fourth-order valence-electron chi connectivity index (χ4n) is 3.03. The first kappa shape index (κ1) is 20.8. The van der Waals surface area contributed by atoms with Crippen molar-refractivity contribution in [2.75, 3.05) is 38.0 Å². The predicted octanol–water partition coefficient (Wildman–Crippen LogP) is 3.24. The highest BCUT2D eigenvalue weighted by Gasteiger charge is 2.30. The normalized spacial score (nSPS) is 15.2. The fourth-order valence-corrected chi connectivity index (χ4v) is 3.03. The van der Waals surface area contributed by atoms with Crippen LogP contribution in [-0.4, -0.2) is 54.3 Å². The molecule has 2 aromatic rings. The highest BCUT2D eigenvalue weighted by atomic mass is 19.4. The van der Waals surface area contributed by atoms with E-state index < -0.39 is 17.6 Å². The molecule has 0 bridgehead atoms. The van der Waals surface area contributed by atoms with Crippen LogP contribution in [0, 0.1) is 5.82 Å². The third-order valence-corrected chi connectivity index (χ3v) is 4.61. The van der Waals surface area contributed by atoms with Crippen LogP contribution >= 0.6 is 0 Å². The van der Waals surface area contributed by atoms with Crippen molar-refractivity contribution in [3.63, 3.8) is 0 Å². The lowest BCUT2D eigenvalue weighted by Crippen LogP contribution is -2.50. The zero-order chi connectivity index (χ0) is 21.0. The van der Waals surface area contributed by atoms with Crippen LogP contribution in [0.15, 0.2) is 48.5 Å². The second-order valence-corrected chi connectivity index (χ2v) is 6.70. The Kier molecular flexibility index (Phi) is 6.17. The Labute approximate surface area is 164 Å². The first-order valence-corrected chi connectivity index (χ1v) is 8.97. The van der Waals surface area contributed by atoms with Gasteiger partial charge in [-0.2, -0.15) is 13.2 Å². The molecule has 0 saturated carbocycles. The van der Waals surface area contributed by atoms with Gasteiger partial charge in [-0.15, -0.1) is 0 Å². The molecule has 3 rings (SSSR count). The molecule has 0 spiro atoms. The van der Waals surface area contributed by atoms with Crippen molar-refractivity contribution in [2.24, 2.45) is 0 Å². The number of nitrogens with zero attached hydrogens (tertiary/aromatic N) is 2. The van der Waals surface area contributed by atoms with Crippen molar-refractivity contribution in [1.29, 1.82) is 0 Å². The Morgan fingerprint density at radius 3 is 2.03 bits per heavy atom. The highest BCUT2D eigenvalue weighted by Crippen LogP contribution is 2.29. The molecule has 29 heavy (non-hydrogen) atoms. The monoisotopic (exact) mass is 409 g/mol. The number of hydrogen-bond acceptors (Lipinski definition) is 3. The molecule has 1 heterocycles. The largest absolute Gasteiger partial charge is 0.416 e. The topological polar surface area (TPSA) is 52.7 Å². The first-order chi connectivity index (χ1) is 13.7. The summed E-state index contributed by atoms with van der Waals surface area (Å²) in [6, 6.07) is 9.57. The third kappa shape index (κ3) is 5.54. The minimum absolute atomic E-state index is 0.125. The Hall–Kier alpha value is -2.94. The molecule has 0 unspecified atom stereocenters. The van der Waals surface area contributed by atoms with Gasteiger partial charge < -0.3 is 10.2 Å². The average molecular weight is 409 g/mol. The van der Waals surface area contributed by atoms with E-state index in [1.54, 1.807) is 4.90 Å². The van der Waals surface area contributed by atoms with Crippen LogP contribution in [0.25, 0.3) is 0 Å². The molecule has 1 fully saturated rings. The summed E-state index contributed by atoms with van der Waals surface area (Å²) in [7, 11) is 0. The van der Waals surface area contributed by atoms with Gasteiger partial charge in [-0.05, 0) is 48.5 Å². The molecule has 5 nitrogen and oxygen atoms in total. The van der Waals surface area contributed by atoms with E-state index in [4.69, 9.17) is 0 Å². The number of alkyl halides is 3. The number of anilines is 1. The molecule has 1 saturated heterocycles. The number of nitrogens with one attached hydrogen (secondary N) is 1. The van der Waals surface area contributed by atoms with E-state index >= 15 is 0 Å². The molecule has 0 aliphatic carbocycles. The van der Waals surface area contributed by atoms with Crippen LogP contribution in [0.3, 0.4) is 0 Å². The van der Waals surface area contributed by atoms with E-state index in [-0.39, 0.29) is 23.9 Å². The lowest BCUT2D eigenvalue weighted by molar-refractivity contribution is -0.137. The van der Waals surface area contributed by atoms with Gasteiger partial charge in [0.05, 0.1) is 12.1 Å². The number of amides is 2. The maximum Gasteiger partial charge on any atom is 0.416 e. The number of carbonyl (C=O) groups excluding carboxylic acids is 2. The molecule has 1 aliphatic heterocycles. The Bertz CT molecular complexity index is 859. The standard InChI is InChI=1S/C20H19F4N3O2/c21-16-5-7-17(8-6-16)25-18(28)13-26-9-11-27(12-10-26)19(29)14-1-3-15(4-2-14)20(22,23)24/h1-8H,9-13H2,(H,25,28). The quantitative estimate of drug-likeness (QED) is 0.789. The van der Waals surface area contributed by atoms with Gasteiger partial charge in [-0.25, -0.2) is 4.39 Å². The van der Waals surface area contributed by atoms with Crippen molar-refractivity contribution in [2.45, 2.75) is 6.18 Å². The van der Waals surface area contributed by atoms with Gasteiger partial charge >= 0.3 is 6.18 Å². The molecular weight excluding hydrogens is 390 g/mol. The average Bonchev–Trinajstić information content (AvgIpc) is 2.69. The molecule has 2 aromatic carbocycles. The Balaban J connectivity index is 1.49. The zero-order valence-electron chi connectivity index (χ0n) is 15.4. The van der Waals surface area contributed by atoms with Crippen LogP contribution in [0.5, 0.6) is 0 Å². The first-order valence-electron chi connectivity index (χ1n) is 8.97. The van der Waals surface area contributed by atoms with E-state index in [0.29, 0.717) is 31.9 Å². The van der Waals surface area contributed by atoms with Crippen molar-refractivity contribution in [3.8, 4) is 0 Å². The number of rotatable bonds is 4. The second-order valence-electron chi connectivity index (χ2n) is 6.70. The number of halogens is 4. The summed E-state index contributed by atoms with van der Waals surface area (Å²) in [6.07, 6.45) is -4.44. The van der Waals surface area contributed by atoms with Gasteiger partial charge in [-0.3, -0.25) is 14.5 Å². The summed E-state index contributed by atoms with van der Waals surface area (Å²) in [5.74, 6) is -0.981. The number of carbonyl (C=O) groups is 2. The number of benzene rings is 2. The van der Waals surface area contributed by atoms with Crippen LogP contribution < -0.4 is 5.32 Å². The zero-order valence-corrected chi connectivity index (χ0v) is 15.4. The van der Waals surface area contributed by atoms with Crippen LogP contribution in [-0.2, 0) is 11.0 Å². The molecule has 0 radical (unpaired) electrons. The van der Waals surface area contributed by atoms with E-state index in [9.17, 15) is 27.2 Å². The van der Waals surface area contributed by atoms with Crippen molar-refractivity contribution < 1.29 is 27.2 Å². The van der Waals surface area contributed by atoms with Gasteiger partial charge in [0, 0.05) is 37.4 Å². The summed E-state index contributed by atoms with van der Waals surface area (Å²) in [5.41, 5.74) is -0.112. The van der Waals surface area contributed by atoms with Crippen LogP contribution in [0.2, 0.25) is 0 Å². The van der Waals surface area contributed by atoms with Gasteiger partial charge in [0.25, 0.3) is 5.91 Å². The molecule has 154 valence electrons. The molecule has 9 heteroatoms. The number of hydrogen-bond donors (Lipinski definition) is 1. The smallest absolute Gasteiger partial charge is 0.336 e. The van der Waals surface area contributed by atoms with Gasteiger partial charge in [0.1, 0.15) is 5.82 Å². The van der Waals surface area contributed by atoms with Crippen LogP contribution in [0.1, 0.15) is 15.9 Å². The number of piperazine rings is 1. The summed E-state index contributed by atoms with van der Waals surface area (Å²) in [5, 5.41) is 2.67. The maximum atomic E-state index is 12.9. The van der Waals surface area contributed by atoms with Gasteiger partial charge in [-0.1, -0.05) is 0 Å². The lowest BCUT2D eigenvalue weighted by Gasteiger charge is -2.34. The third-order valence-electron chi connectivity index (χ3n) is 4.61. The van der Waals surface area contributed by atoms with E-state index in [1.807, 2.05) is 4.90 Å². The minimum atomic E-state index is -4.44. The SMILES string of the molecule is O=C(CN1CCN(C(=O)c2ccc(C(F)(F)F)cc2)CC1)Nc1ccc(F)cc1. The Morgan fingerprint density at radius 1 is 0.897 bits per heavy atom. The molecule has 1 aliphatic rings. The van der Waals surface area contributed by atoms with E-state index in [0.717, 1.165) is 12.1 Å². The minimum Gasteiger partial charge on any atom is -0.336 e. The van der Waals surface area contributed by atoms with E-state index in [1.165, 1.54) is 36.4 Å².